The highest BCUT2D eigenvalue weighted by Gasteiger charge is 2.16. The van der Waals surface area contributed by atoms with E-state index in [0.29, 0.717) is 0 Å². The first-order valence-corrected chi connectivity index (χ1v) is 2.92. The van der Waals surface area contributed by atoms with Crippen LogP contribution in [0.4, 0.5) is 8.78 Å². The summed E-state index contributed by atoms with van der Waals surface area (Å²) in [6.07, 6.45) is -2.85. The van der Waals surface area contributed by atoms with Crippen LogP contribution in [0.1, 0.15) is 12.0 Å². The predicted octanol–water partition coefficient (Wildman–Crippen LogP) is 2.04. The van der Waals surface area contributed by atoms with Crippen LogP contribution in [-0.4, -0.2) is 10.2 Å². The molecule has 0 radical (unpaired) electrons. The Kier molecular flexibility index (Phi) is 1.94. The molecule has 1 rings (SSSR count). The number of phenols is 2. The molecule has 2 N–H and O–H groups in total. The molecule has 0 aliphatic rings. The Balaban J connectivity index is 3.21. The van der Waals surface area contributed by atoms with Gasteiger partial charge in [-0.05, 0) is 12.1 Å². The Morgan fingerprint density at radius 3 is 1.82 bits per heavy atom. The van der Waals surface area contributed by atoms with Gasteiger partial charge in [0.05, 0.1) is 0 Å². The molecular weight excluding hydrogens is 154 g/mol. The third kappa shape index (κ3) is 1.39. The minimum Gasteiger partial charge on any atom is -0.507 e. The van der Waals surface area contributed by atoms with E-state index in [-0.39, 0.29) is 0 Å². The number of hydrogen-bond donors (Lipinski definition) is 2. The summed E-state index contributed by atoms with van der Waals surface area (Å²) < 4.78 is 23.9. The van der Waals surface area contributed by atoms with Gasteiger partial charge in [0, 0.05) is 0 Å². The normalized spacial score (nSPS) is 10.5. The summed E-state index contributed by atoms with van der Waals surface area (Å²) in [7, 11) is 0. The molecule has 0 fully saturated rings. The average Bonchev–Trinajstić information content (AvgIpc) is 1.85. The summed E-state index contributed by atoms with van der Waals surface area (Å²) in [5.74, 6) is -1.17. The molecule has 0 spiro atoms. The maximum Gasteiger partial charge on any atom is 0.270 e. The van der Waals surface area contributed by atoms with Gasteiger partial charge >= 0.3 is 0 Å². The van der Waals surface area contributed by atoms with Crippen LogP contribution in [0.3, 0.4) is 0 Å². The lowest BCUT2D eigenvalue weighted by molar-refractivity contribution is 0.143. The van der Waals surface area contributed by atoms with Gasteiger partial charge in [-0.3, -0.25) is 0 Å². The fourth-order valence-electron chi connectivity index (χ4n) is 0.765. The lowest BCUT2D eigenvalue weighted by Crippen LogP contribution is -1.85. The Morgan fingerprint density at radius 1 is 1.09 bits per heavy atom. The molecule has 0 aliphatic heterocycles. The van der Waals surface area contributed by atoms with E-state index in [1.807, 2.05) is 0 Å². The van der Waals surface area contributed by atoms with E-state index in [4.69, 9.17) is 10.2 Å². The quantitative estimate of drug-likeness (QED) is 0.659. The van der Waals surface area contributed by atoms with Crippen LogP contribution in [0.25, 0.3) is 0 Å². The van der Waals surface area contributed by atoms with Crippen molar-refractivity contribution in [3.63, 3.8) is 0 Å². The van der Waals surface area contributed by atoms with Gasteiger partial charge in [0.1, 0.15) is 17.1 Å². The second-order valence-electron chi connectivity index (χ2n) is 2.01. The van der Waals surface area contributed by atoms with Crippen LogP contribution < -0.4 is 0 Å². The van der Waals surface area contributed by atoms with Crippen LogP contribution >= 0.6 is 0 Å². The number of hydrogen-bond acceptors (Lipinski definition) is 2. The first-order chi connectivity index (χ1) is 5.13. The van der Waals surface area contributed by atoms with Crippen LogP contribution in [0.2, 0.25) is 0 Å². The number of phenolic OH excluding ortho intramolecular Hbond substituents is 2. The Morgan fingerprint density at radius 2 is 1.55 bits per heavy atom. The Labute approximate surface area is 61.7 Å². The van der Waals surface area contributed by atoms with Crippen LogP contribution in [0.5, 0.6) is 11.5 Å². The first-order valence-electron chi connectivity index (χ1n) is 2.92. The molecule has 0 saturated carbocycles. The molecular formula is C7H6F2O2. The van der Waals surface area contributed by atoms with Gasteiger partial charge in [-0.25, -0.2) is 8.78 Å². The Hall–Kier alpha value is -1.32. The highest BCUT2D eigenvalue weighted by atomic mass is 19.3. The lowest BCUT2D eigenvalue weighted by atomic mass is 10.2. The zero-order valence-electron chi connectivity index (χ0n) is 5.46. The molecule has 0 aliphatic carbocycles. The van der Waals surface area contributed by atoms with Gasteiger partial charge in [-0.2, -0.15) is 0 Å². The summed E-state index contributed by atoms with van der Waals surface area (Å²) in [6, 6.07) is 3.49. The summed E-state index contributed by atoms with van der Waals surface area (Å²) in [5, 5.41) is 17.6. The van der Waals surface area contributed by atoms with Crippen LogP contribution in [0, 0.1) is 0 Å². The third-order valence-electron chi connectivity index (χ3n) is 1.28. The van der Waals surface area contributed by atoms with Crippen molar-refractivity contribution in [3.8, 4) is 11.5 Å². The summed E-state index contributed by atoms with van der Waals surface area (Å²) in [6.45, 7) is 0. The van der Waals surface area contributed by atoms with Crippen molar-refractivity contribution in [2.24, 2.45) is 0 Å². The van der Waals surface area contributed by atoms with Gasteiger partial charge in [-0.1, -0.05) is 6.07 Å². The maximum atomic E-state index is 12.0. The second-order valence-corrected chi connectivity index (χ2v) is 2.01. The number of alkyl halides is 2. The lowest BCUT2D eigenvalue weighted by Gasteiger charge is -2.03. The van der Waals surface area contributed by atoms with Crippen molar-refractivity contribution in [1.29, 1.82) is 0 Å². The maximum absolute atomic E-state index is 12.0. The van der Waals surface area contributed by atoms with Crippen molar-refractivity contribution < 1.29 is 19.0 Å². The summed E-state index contributed by atoms with van der Waals surface area (Å²) in [4.78, 5) is 0. The van der Waals surface area contributed by atoms with Crippen molar-refractivity contribution in [2.45, 2.75) is 6.43 Å². The summed E-state index contributed by atoms with van der Waals surface area (Å²) in [5.41, 5.74) is -0.715. The first kappa shape index (κ1) is 7.78. The van der Waals surface area contributed by atoms with Gasteiger partial charge in [0.25, 0.3) is 6.43 Å². The molecule has 0 aromatic heterocycles. The molecule has 2 nitrogen and oxygen atoms in total. The fraction of sp³-hybridized carbons (Fsp3) is 0.143. The van der Waals surface area contributed by atoms with Crippen molar-refractivity contribution in [1.82, 2.24) is 0 Å². The molecule has 1 aromatic rings. The molecule has 0 heterocycles. The van der Waals surface area contributed by atoms with Gasteiger partial charge in [0.15, 0.2) is 0 Å². The van der Waals surface area contributed by atoms with Gasteiger partial charge in [-0.15, -0.1) is 0 Å². The zero-order chi connectivity index (χ0) is 8.43. The SMILES string of the molecule is Oc1cccc(O)c1C(F)F. The number of benzene rings is 1. The van der Waals surface area contributed by atoms with Crippen molar-refractivity contribution >= 4 is 0 Å². The molecule has 60 valence electrons. The zero-order valence-corrected chi connectivity index (χ0v) is 5.46. The van der Waals surface area contributed by atoms with E-state index >= 15 is 0 Å². The molecule has 0 unspecified atom stereocenters. The van der Waals surface area contributed by atoms with Gasteiger partial charge in [0.2, 0.25) is 0 Å². The molecule has 0 amide bonds. The highest BCUT2D eigenvalue weighted by molar-refractivity contribution is 5.43. The van der Waals surface area contributed by atoms with Crippen LogP contribution in [0.15, 0.2) is 18.2 Å². The topological polar surface area (TPSA) is 40.5 Å². The molecule has 0 bridgehead atoms. The van der Waals surface area contributed by atoms with E-state index in [9.17, 15) is 8.78 Å². The van der Waals surface area contributed by atoms with Crippen molar-refractivity contribution in [3.05, 3.63) is 23.8 Å². The smallest absolute Gasteiger partial charge is 0.270 e. The largest absolute Gasteiger partial charge is 0.507 e. The molecule has 1 aromatic carbocycles. The van der Waals surface area contributed by atoms with E-state index < -0.39 is 23.5 Å². The second kappa shape index (κ2) is 2.74. The molecule has 11 heavy (non-hydrogen) atoms. The standard InChI is InChI=1S/C7H6F2O2/c8-7(9)6-4(10)2-1-3-5(6)11/h1-3,7,10-11H. The van der Waals surface area contributed by atoms with E-state index in [1.165, 1.54) is 6.07 Å². The van der Waals surface area contributed by atoms with Gasteiger partial charge < -0.3 is 10.2 Å². The highest BCUT2D eigenvalue weighted by Crippen LogP contribution is 2.34. The average molecular weight is 160 g/mol. The number of rotatable bonds is 1. The number of aromatic hydroxyl groups is 2. The Bertz CT molecular complexity index is 240. The molecule has 4 heteroatoms. The van der Waals surface area contributed by atoms with E-state index in [1.54, 1.807) is 0 Å². The summed E-state index contributed by atoms with van der Waals surface area (Å²) >= 11 is 0. The fourth-order valence-corrected chi connectivity index (χ4v) is 0.765. The van der Waals surface area contributed by atoms with E-state index in [0.717, 1.165) is 12.1 Å². The predicted molar refractivity (Wildman–Crippen MR) is 34.7 cm³/mol. The third-order valence-corrected chi connectivity index (χ3v) is 1.28. The van der Waals surface area contributed by atoms with E-state index in [2.05, 4.69) is 0 Å². The molecule has 0 saturated heterocycles. The van der Waals surface area contributed by atoms with Crippen molar-refractivity contribution in [2.75, 3.05) is 0 Å². The number of halogens is 2. The molecule has 0 atom stereocenters. The minimum atomic E-state index is -2.85. The minimum absolute atomic E-state index is 0.583. The monoisotopic (exact) mass is 160 g/mol. The van der Waals surface area contributed by atoms with Crippen LogP contribution in [-0.2, 0) is 0 Å².